The average Bonchev–Trinajstić information content (AvgIpc) is 2.76. The largest absolute Gasteiger partial charge is 0.508 e. The predicted octanol–water partition coefficient (Wildman–Crippen LogP) is 3.59. The first kappa shape index (κ1) is 15.8. The van der Waals surface area contributed by atoms with Crippen molar-refractivity contribution in [3.63, 3.8) is 0 Å². The zero-order valence-corrected chi connectivity index (χ0v) is 13.3. The van der Waals surface area contributed by atoms with Crippen molar-refractivity contribution >= 4 is 40.4 Å². The molecule has 1 aromatic carbocycles. The lowest BCUT2D eigenvalue weighted by Crippen LogP contribution is -2.25. The van der Waals surface area contributed by atoms with Gasteiger partial charge in [-0.05, 0) is 25.0 Å². The molecule has 110 valence electrons. The SMILES string of the molecule is OCCCCN1CC(c2c(O)ccc(Cl)c2Cl)CC1=S. The van der Waals surface area contributed by atoms with Gasteiger partial charge in [0, 0.05) is 37.6 Å². The molecule has 0 aliphatic carbocycles. The van der Waals surface area contributed by atoms with Gasteiger partial charge in [0.05, 0.1) is 15.0 Å². The van der Waals surface area contributed by atoms with Crippen LogP contribution in [0.15, 0.2) is 12.1 Å². The van der Waals surface area contributed by atoms with Crippen molar-refractivity contribution in [3.05, 3.63) is 27.7 Å². The summed E-state index contributed by atoms with van der Waals surface area (Å²) in [7, 11) is 0. The first-order valence-electron chi connectivity index (χ1n) is 6.60. The molecular weight excluding hydrogens is 317 g/mol. The van der Waals surface area contributed by atoms with Gasteiger partial charge in [-0.15, -0.1) is 0 Å². The maximum Gasteiger partial charge on any atom is 0.120 e. The number of phenols is 1. The number of phenolic OH excluding ortho intramolecular Hbond substituents is 1. The summed E-state index contributed by atoms with van der Waals surface area (Å²) in [6.07, 6.45) is 2.37. The monoisotopic (exact) mass is 333 g/mol. The summed E-state index contributed by atoms with van der Waals surface area (Å²) < 4.78 is 0. The number of hydrogen-bond acceptors (Lipinski definition) is 3. The minimum Gasteiger partial charge on any atom is -0.508 e. The van der Waals surface area contributed by atoms with Crippen LogP contribution in [0.4, 0.5) is 0 Å². The molecule has 1 aliphatic heterocycles. The Labute approximate surface area is 134 Å². The van der Waals surface area contributed by atoms with Crippen molar-refractivity contribution in [1.29, 1.82) is 0 Å². The van der Waals surface area contributed by atoms with E-state index in [-0.39, 0.29) is 18.3 Å². The fourth-order valence-electron chi connectivity index (χ4n) is 2.54. The number of aliphatic hydroxyl groups excluding tert-OH is 1. The van der Waals surface area contributed by atoms with Crippen molar-refractivity contribution in [2.75, 3.05) is 19.7 Å². The van der Waals surface area contributed by atoms with Crippen LogP contribution in [0.1, 0.15) is 30.7 Å². The van der Waals surface area contributed by atoms with E-state index in [4.69, 9.17) is 40.5 Å². The Morgan fingerprint density at radius 1 is 1.30 bits per heavy atom. The van der Waals surface area contributed by atoms with Crippen molar-refractivity contribution < 1.29 is 10.2 Å². The average molecular weight is 334 g/mol. The molecule has 1 saturated heterocycles. The van der Waals surface area contributed by atoms with Gasteiger partial charge in [0.15, 0.2) is 0 Å². The molecule has 0 radical (unpaired) electrons. The Morgan fingerprint density at radius 2 is 2.05 bits per heavy atom. The van der Waals surface area contributed by atoms with Gasteiger partial charge >= 0.3 is 0 Å². The molecule has 0 spiro atoms. The fraction of sp³-hybridized carbons (Fsp3) is 0.500. The quantitative estimate of drug-likeness (QED) is 0.638. The molecular formula is C14H17Cl2NO2S. The maximum atomic E-state index is 10.0. The van der Waals surface area contributed by atoms with Crippen molar-refractivity contribution in [3.8, 4) is 5.75 Å². The fourth-order valence-corrected chi connectivity index (χ4v) is 3.39. The topological polar surface area (TPSA) is 43.7 Å². The molecule has 6 heteroatoms. The number of aromatic hydroxyl groups is 1. The van der Waals surface area contributed by atoms with Crippen molar-refractivity contribution in [2.24, 2.45) is 0 Å². The van der Waals surface area contributed by atoms with Crippen LogP contribution in [-0.4, -0.2) is 39.8 Å². The highest BCUT2D eigenvalue weighted by atomic mass is 35.5. The number of halogens is 2. The van der Waals surface area contributed by atoms with Crippen LogP contribution in [0.5, 0.6) is 5.75 Å². The number of aliphatic hydroxyl groups is 1. The minimum absolute atomic E-state index is 0.0721. The number of hydrogen-bond donors (Lipinski definition) is 2. The lowest BCUT2D eigenvalue weighted by atomic mass is 9.97. The zero-order valence-electron chi connectivity index (χ0n) is 11.0. The number of likely N-dealkylation sites (tertiary alicyclic amines) is 1. The van der Waals surface area contributed by atoms with Gasteiger partial charge in [-0.3, -0.25) is 0 Å². The van der Waals surface area contributed by atoms with Crippen molar-refractivity contribution in [2.45, 2.75) is 25.2 Å². The highest BCUT2D eigenvalue weighted by Crippen LogP contribution is 2.41. The van der Waals surface area contributed by atoms with Gasteiger partial charge in [-0.2, -0.15) is 0 Å². The number of benzene rings is 1. The summed E-state index contributed by atoms with van der Waals surface area (Å²) in [4.78, 5) is 3.00. The van der Waals surface area contributed by atoms with E-state index in [1.165, 1.54) is 0 Å². The van der Waals surface area contributed by atoms with E-state index in [9.17, 15) is 5.11 Å². The summed E-state index contributed by atoms with van der Waals surface area (Å²) in [6.45, 7) is 1.76. The first-order chi connectivity index (χ1) is 9.54. The summed E-state index contributed by atoms with van der Waals surface area (Å²) in [5.74, 6) is 0.243. The van der Waals surface area contributed by atoms with Gasteiger partial charge in [0.2, 0.25) is 0 Å². The molecule has 1 fully saturated rings. The molecule has 3 nitrogen and oxygen atoms in total. The Balaban J connectivity index is 2.12. The molecule has 20 heavy (non-hydrogen) atoms. The molecule has 2 rings (SSSR count). The molecule has 0 bridgehead atoms. The Hall–Kier alpha value is -0.550. The van der Waals surface area contributed by atoms with Crippen LogP contribution < -0.4 is 0 Å². The van der Waals surface area contributed by atoms with E-state index in [1.807, 2.05) is 0 Å². The predicted molar refractivity (Wildman–Crippen MR) is 86.0 cm³/mol. The summed E-state index contributed by atoms with van der Waals surface area (Å²) in [5.41, 5.74) is 0.686. The molecule has 1 aromatic rings. The molecule has 1 atom stereocenters. The number of unbranched alkanes of at least 4 members (excludes halogenated alkanes) is 1. The summed E-state index contributed by atoms with van der Waals surface area (Å²) >= 11 is 17.6. The number of nitrogens with zero attached hydrogens (tertiary/aromatic N) is 1. The summed E-state index contributed by atoms with van der Waals surface area (Å²) in [5, 5.41) is 19.7. The highest BCUT2D eigenvalue weighted by Gasteiger charge is 2.31. The normalized spacial score (nSPS) is 18.9. The number of rotatable bonds is 5. The van der Waals surface area contributed by atoms with E-state index < -0.39 is 0 Å². The third-order valence-electron chi connectivity index (χ3n) is 3.57. The Bertz CT molecular complexity index is 510. The van der Waals surface area contributed by atoms with Gasteiger partial charge in [-0.1, -0.05) is 35.4 Å². The zero-order chi connectivity index (χ0) is 14.7. The van der Waals surface area contributed by atoms with E-state index in [0.29, 0.717) is 22.0 Å². The van der Waals surface area contributed by atoms with Crippen LogP contribution in [0.3, 0.4) is 0 Å². The first-order valence-corrected chi connectivity index (χ1v) is 7.76. The van der Waals surface area contributed by atoms with Crippen LogP contribution >= 0.6 is 35.4 Å². The molecule has 1 unspecified atom stereocenters. The second-order valence-corrected chi connectivity index (χ2v) is 6.22. The molecule has 2 N–H and O–H groups in total. The van der Waals surface area contributed by atoms with E-state index in [0.717, 1.165) is 30.9 Å². The van der Waals surface area contributed by atoms with Crippen LogP contribution in [0.25, 0.3) is 0 Å². The minimum atomic E-state index is 0.0721. The highest BCUT2D eigenvalue weighted by molar-refractivity contribution is 7.80. The van der Waals surface area contributed by atoms with E-state index in [2.05, 4.69) is 4.90 Å². The van der Waals surface area contributed by atoms with Crippen LogP contribution in [0.2, 0.25) is 10.0 Å². The standard InChI is InChI=1S/C14H17Cl2NO2S/c15-10-3-4-11(19)13(14(10)16)9-7-12(20)17(8-9)5-1-2-6-18/h3-4,9,18-19H,1-2,5-8H2. The second kappa shape index (κ2) is 6.94. The van der Waals surface area contributed by atoms with Gasteiger partial charge in [-0.25, -0.2) is 0 Å². The Kier molecular flexibility index (Phi) is 5.49. The maximum absolute atomic E-state index is 10.0. The smallest absolute Gasteiger partial charge is 0.120 e. The molecule has 0 saturated carbocycles. The van der Waals surface area contributed by atoms with Crippen LogP contribution in [0, 0.1) is 0 Å². The van der Waals surface area contributed by atoms with Gasteiger partial charge in [0.1, 0.15) is 5.75 Å². The third kappa shape index (κ3) is 3.37. The molecule has 1 heterocycles. The molecule has 0 amide bonds. The molecule has 1 aliphatic rings. The second-order valence-electron chi connectivity index (χ2n) is 4.97. The summed E-state index contributed by atoms with van der Waals surface area (Å²) in [6, 6.07) is 3.16. The lowest BCUT2D eigenvalue weighted by molar-refractivity contribution is 0.277. The van der Waals surface area contributed by atoms with Crippen LogP contribution in [-0.2, 0) is 0 Å². The van der Waals surface area contributed by atoms with E-state index in [1.54, 1.807) is 12.1 Å². The third-order valence-corrected chi connectivity index (χ3v) is 4.81. The Morgan fingerprint density at radius 3 is 2.75 bits per heavy atom. The lowest BCUT2D eigenvalue weighted by Gasteiger charge is -2.19. The number of thiocarbonyl (C=S) groups is 1. The van der Waals surface area contributed by atoms with E-state index >= 15 is 0 Å². The van der Waals surface area contributed by atoms with Crippen molar-refractivity contribution in [1.82, 2.24) is 4.90 Å². The van der Waals surface area contributed by atoms with Gasteiger partial charge in [0.25, 0.3) is 0 Å². The molecule has 0 aromatic heterocycles. The van der Waals surface area contributed by atoms with Gasteiger partial charge < -0.3 is 15.1 Å².